The lowest BCUT2D eigenvalue weighted by Gasteiger charge is -2.28. The van der Waals surface area contributed by atoms with E-state index in [1.807, 2.05) is 54.7 Å². The fraction of sp³-hybridized carbons (Fsp3) is 0.238. The molecule has 2 aromatic carbocycles. The van der Waals surface area contributed by atoms with Crippen molar-refractivity contribution >= 4 is 22.8 Å². The first-order chi connectivity index (χ1) is 13.7. The van der Waals surface area contributed by atoms with Gasteiger partial charge in [0.05, 0.1) is 6.54 Å². The van der Waals surface area contributed by atoms with Gasteiger partial charge in [0.25, 0.3) is 5.91 Å². The molecule has 2 aliphatic heterocycles. The SMILES string of the molecule is O=C1NC(Cc2c[nH]c3ccccc23)C(=O)N1CC1COc2ccccc2O1. The van der Waals surface area contributed by atoms with E-state index >= 15 is 0 Å². The quantitative estimate of drug-likeness (QED) is 0.684. The number of aromatic nitrogens is 1. The van der Waals surface area contributed by atoms with E-state index < -0.39 is 18.2 Å². The zero-order valence-corrected chi connectivity index (χ0v) is 15.1. The van der Waals surface area contributed by atoms with Crippen molar-refractivity contribution < 1.29 is 19.1 Å². The number of urea groups is 1. The molecule has 3 aromatic rings. The van der Waals surface area contributed by atoms with Crippen LogP contribution in [0.2, 0.25) is 0 Å². The molecule has 2 unspecified atom stereocenters. The van der Waals surface area contributed by atoms with E-state index in [0.717, 1.165) is 16.5 Å². The molecule has 1 fully saturated rings. The summed E-state index contributed by atoms with van der Waals surface area (Å²) in [5.74, 6) is 1.06. The van der Waals surface area contributed by atoms with Crippen LogP contribution in [0.5, 0.6) is 11.5 Å². The van der Waals surface area contributed by atoms with E-state index in [4.69, 9.17) is 9.47 Å². The molecule has 3 heterocycles. The second-order valence-electron chi connectivity index (χ2n) is 7.01. The topological polar surface area (TPSA) is 83.7 Å². The Kier molecular flexibility index (Phi) is 3.93. The van der Waals surface area contributed by atoms with E-state index in [0.29, 0.717) is 24.5 Å². The molecule has 7 nitrogen and oxygen atoms in total. The van der Waals surface area contributed by atoms with Crippen LogP contribution in [-0.2, 0) is 11.2 Å². The summed E-state index contributed by atoms with van der Waals surface area (Å²) in [4.78, 5) is 29.7. The first kappa shape index (κ1) is 16.7. The number of carbonyl (C=O) groups is 2. The summed E-state index contributed by atoms with van der Waals surface area (Å²) in [6.45, 7) is 0.449. The predicted octanol–water partition coefficient (Wildman–Crippen LogP) is 2.47. The first-order valence-corrected chi connectivity index (χ1v) is 9.24. The number of nitrogens with zero attached hydrogens (tertiary/aromatic N) is 1. The molecule has 142 valence electrons. The Balaban J connectivity index is 1.28. The van der Waals surface area contributed by atoms with E-state index in [9.17, 15) is 9.59 Å². The molecule has 2 atom stereocenters. The van der Waals surface area contributed by atoms with Gasteiger partial charge in [-0.15, -0.1) is 0 Å². The van der Waals surface area contributed by atoms with Gasteiger partial charge < -0.3 is 19.8 Å². The highest BCUT2D eigenvalue weighted by molar-refractivity contribution is 6.04. The van der Waals surface area contributed by atoms with Crippen LogP contribution < -0.4 is 14.8 Å². The van der Waals surface area contributed by atoms with Gasteiger partial charge in [0.15, 0.2) is 17.6 Å². The number of carbonyl (C=O) groups excluding carboxylic acids is 2. The fourth-order valence-electron chi connectivity index (χ4n) is 3.77. The number of aromatic amines is 1. The molecule has 2 N–H and O–H groups in total. The lowest BCUT2D eigenvalue weighted by atomic mass is 10.1. The largest absolute Gasteiger partial charge is 0.486 e. The highest BCUT2D eigenvalue weighted by Gasteiger charge is 2.40. The van der Waals surface area contributed by atoms with Crippen LogP contribution in [0.1, 0.15) is 5.56 Å². The van der Waals surface area contributed by atoms with Crippen molar-refractivity contribution in [2.75, 3.05) is 13.2 Å². The lowest BCUT2D eigenvalue weighted by Crippen LogP contribution is -2.44. The monoisotopic (exact) mass is 377 g/mol. The van der Waals surface area contributed by atoms with Crippen molar-refractivity contribution in [3.8, 4) is 11.5 Å². The molecule has 0 radical (unpaired) electrons. The number of rotatable bonds is 4. The number of amides is 3. The van der Waals surface area contributed by atoms with Gasteiger partial charge in [0, 0.05) is 23.5 Å². The van der Waals surface area contributed by atoms with Gasteiger partial charge in [0.2, 0.25) is 0 Å². The molecular weight excluding hydrogens is 358 g/mol. The van der Waals surface area contributed by atoms with Crippen molar-refractivity contribution in [2.45, 2.75) is 18.6 Å². The molecule has 0 aliphatic carbocycles. The molecule has 0 spiro atoms. The van der Waals surface area contributed by atoms with Gasteiger partial charge in [-0.05, 0) is 23.8 Å². The highest BCUT2D eigenvalue weighted by atomic mass is 16.6. The molecule has 3 amide bonds. The Bertz CT molecular complexity index is 1060. The molecule has 7 heteroatoms. The lowest BCUT2D eigenvalue weighted by molar-refractivity contribution is -0.128. The summed E-state index contributed by atoms with van der Waals surface area (Å²) in [7, 11) is 0. The van der Waals surface area contributed by atoms with Gasteiger partial charge in [-0.3, -0.25) is 9.69 Å². The number of benzene rings is 2. The van der Waals surface area contributed by atoms with Crippen molar-refractivity contribution in [3.05, 3.63) is 60.3 Å². The number of hydrogen-bond acceptors (Lipinski definition) is 4. The second kappa shape index (κ2) is 6.60. The minimum atomic E-state index is -0.580. The molecular formula is C21H19N3O4. The zero-order chi connectivity index (χ0) is 19.1. The second-order valence-corrected chi connectivity index (χ2v) is 7.01. The maximum absolute atomic E-state index is 12.8. The van der Waals surface area contributed by atoms with Crippen LogP contribution in [0.3, 0.4) is 0 Å². The van der Waals surface area contributed by atoms with Crippen LogP contribution in [0.4, 0.5) is 4.79 Å². The normalized spacial score (nSPS) is 21.2. The van der Waals surface area contributed by atoms with Crippen molar-refractivity contribution in [1.29, 1.82) is 0 Å². The van der Waals surface area contributed by atoms with Gasteiger partial charge in [0.1, 0.15) is 12.6 Å². The van der Waals surface area contributed by atoms with Crippen LogP contribution >= 0.6 is 0 Å². The van der Waals surface area contributed by atoms with E-state index in [1.54, 1.807) is 0 Å². The van der Waals surface area contributed by atoms with Gasteiger partial charge in [-0.25, -0.2) is 4.79 Å². The maximum Gasteiger partial charge on any atom is 0.324 e. The third-order valence-electron chi connectivity index (χ3n) is 5.16. The van der Waals surface area contributed by atoms with Crippen LogP contribution in [0.25, 0.3) is 10.9 Å². The number of ether oxygens (including phenoxy) is 2. The van der Waals surface area contributed by atoms with Crippen molar-refractivity contribution in [2.24, 2.45) is 0 Å². The average molecular weight is 377 g/mol. The standard InChI is InChI=1S/C21H19N3O4/c25-20-17(9-13-10-22-16-6-2-1-5-15(13)16)23-21(26)24(20)11-14-12-27-18-7-3-4-8-19(18)28-14/h1-8,10,14,17,22H,9,11-12H2,(H,23,26). The minimum Gasteiger partial charge on any atom is -0.486 e. The predicted molar refractivity (Wildman–Crippen MR) is 102 cm³/mol. The van der Waals surface area contributed by atoms with Crippen LogP contribution in [0.15, 0.2) is 54.7 Å². The smallest absolute Gasteiger partial charge is 0.324 e. The Morgan fingerprint density at radius 2 is 1.82 bits per heavy atom. The number of nitrogens with one attached hydrogen (secondary N) is 2. The summed E-state index contributed by atoms with van der Waals surface area (Å²) >= 11 is 0. The Hall–Kier alpha value is -3.48. The third kappa shape index (κ3) is 2.85. The van der Waals surface area contributed by atoms with Gasteiger partial charge >= 0.3 is 6.03 Å². The summed E-state index contributed by atoms with van der Waals surface area (Å²) < 4.78 is 11.6. The summed E-state index contributed by atoms with van der Waals surface area (Å²) in [6, 6.07) is 14.3. The van der Waals surface area contributed by atoms with Crippen LogP contribution in [0, 0.1) is 0 Å². The molecule has 0 bridgehead atoms. The molecule has 5 rings (SSSR count). The highest BCUT2D eigenvalue weighted by Crippen LogP contribution is 2.31. The zero-order valence-electron chi connectivity index (χ0n) is 15.1. The maximum atomic E-state index is 12.8. The molecule has 1 saturated heterocycles. The number of H-pyrrole nitrogens is 1. The number of fused-ring (bicyclic) bond motifs is 2. The average Bonchev–Trinajstić information content (AvgIpc) is 3.24. The van der Waals surface area contributed by atoms with Gasteiger partial charge in [-0.2, -0.15) is 0 Å². The van der Waals surface area contributed by atoms with Crippen LogP contribution in [-0.4, -0.2) is 47.1 Å². The van der Waals surface area contributed by atoms with E-state index in [1.165, 1.54) is 4.90 Å². The third-order valence-corrected chi connectivity index (χ3v) is 5.16. The summed E-state index contributed by atoms with van der Waals surface area (Å²) in [5.41, 5.74) is 2.01. The van der Waals surface area contributed by atoms with E-state index in [-0.39, 0.29) is 12.5 Å². The molecule has 1 aromatic heterocycles. The molecule has 2 aliphatic rings. The van der Waals surface area contributed by atoms with E-state index in [2.05, 4.69) is 10.3 Å². The Labute approximate surface area is 161 Å². The minimum absolute atomic E-state index is 0.156. The fourth-order valence-corrected chi connectivity index (χ4v) is 3.77. The molecule has 0 saturated carbocycles. The summed E-state index contributed by atoms with van der Waals surface area (Å²) in [5, 5.41) is 3.85. The Morgan fingerprint density at radius 1 is 1.04 bits per heavy atom. The van der Waals surface area contributed by atoms with Crippen molar-refractivity contribution in [1.82, 2.24) is 15.2 Å². The number of hydrogen-bond donors (Lipinski definition) is 2. The summed E-state index contributed by atoms with van der Waals surface area (Å²) in [6.07, 6.45) is 1.94. The number of para-hydroxylation sites is 3. The Morgan fingerprint density at radius 3 is 2.71 bits per heavy atom. The molecule has 28 heavy (non-hydrogen) atoms. The van der Waals surface area contributed by atoms with Crippen molar-refractivity contribution in [3.63, 3.8) is 0 Å². The van der Waals surface area contributed by atoms with Gasteiger partial charge in [-0.1, -0.05) is 30.3 Å². The first-order valence-electron chi connectivity index (χ1n) is 9.24. The number of imide groups is 1.